The molecule has 0 saturated carbocycles. The summed E-state index contributed by atoms with van der Waals surface area (Å²) in [6, 6.07) is 2.38. The van der Waals surface area contributed by atoms with Gasteiger partial charge in [0.2, 0.25) is 0 Å². The molecule has 0 aromatic heterocycles. The normalized spacial score (nSPS) is 13.0. The number of halogens is 1. The zero-order valence-electron chi connectivity index (χ0n) is 12.8. The maximum Gasteiger partial charge on any atom is 0.317 e. The first kappa shape index (κ1) is 17.0. The Kier molecular flexibility index (Phi) is 5.75. The van der Waals surface area contributed by atoms with Crippen LogP contribution in [0.4, 0.5) is 9.18 Å². The van der Waals surface area contributed by atoms with Crippen molar-refractivity contribution in [2.24, 2.45) is 0 Å². The molecule has 1 aromatic carbocycles. The number of nitrogens with zero attached hydrogens (tertiary/aromatic N) is 1. The van der Waals surface area contributed by atoms with E-state index in [2.05, 4.69) is 5.32 Å². The predicted octanol–water partition coefficient (Wildman–Crippen LogP) is 1.35. The zero-order valence-corrected chi connectivity index (χ0v) is 12.8. The second kappa shape index (κ2) is 7.77. The molecule has 1 aromatic rings. The Hall–Kier alpha value is -2.35. The number of rotatable bonds is 6. The van der Waals surface area contributed by atoms with Crippen molar-refractivity contribution in [2.45, 2.75) is 19.4 Å². The van der Waals surface area contributed by atoms with E-state index in [9.17, 15) is 14.0 Å². The lowest BCUT2D eigenvalue weighted by molar-refractivity contribution is -0.137. The molecular formula is C15H19FN2O5. The van der Waals surface area contributed by atoms with Gasteiger partial charge in [0.05, 0.1) is 13.0 Å². The fourth-order valence-electron chi connectivity index (χ4n) is 2.25. The third kappa shape index (κ3) is 4.82. The molecule has 7 nitrogen and oxygen atoms in total. The van der Waals surface area contributed by atoms with Crippen LogP contribution >= 0.6 is 0 Å². The number of hydrogen-bond acceptors (Lipinski definition) is 4. The lowest BCUT2D eigenvalue weighted by Crippen LogP contribution is -2.39. The Balaban J connectivity index is 1.88. The number of ether oxygens (including phenoxy) is 2. The van der Waals surface area contributed by atoms with Crippen molar-refractivity contribution in [1.29, 1.82) is 0 Å². The minimum Gasteiger partial charge on any atom is -0.481 e. The number of carbonyl (C=O) groups excluding carboxylic acids is 1. The van der Waals surface area contributed by atoms with E-state index >= 15 is 0 Å². The second-order valence-electron chi connectivity index (χ2n) is 5.21. The lowest BCUT2D eigenvalue weighted by atomic mass is 10.1. The minimum atomic E-state index is -0.963. The Morgan fingerprint density at radius 2 is 2.22 bits per heavy atom. The summed E-state index contributed by atoms with van der Waals surface area (Å²) in [5, 5.41) is 11.3. The minimum absolute atomic E-state index is 0.116. The number of nitrogens with one attached hydrogen (secondary N) is 1. The second-order valence-corrected chi connectivity index (χ2v) is 5.21. The van der Waals surface area contributed by atoms with E-state index in [1.807, 2.05) is 0 Å². The van der Waals surface area contributed by atoms with E-state index in [0.717, 1.165) is 0 Å². The molecule has 0 saturated heterocycles. The number of amides is 2. The van der Waals surface area contributed by atoms with Crippen LogP contribution in [0.15, 0.2) is 12.1 Å². The molecule has 23 heavy (non-hydrogen) atoms. The van der Waals surface area contributed by atoms with Crippen LogP contribution in [0.5, 0.6) is 5.75 Å². The summed E-state index contributed by atoms with van der Waals surface area (Å²) in [4.78, 5) is 23.6. The van der Waals surface area contributed by atoms with Gasteiger partial charge in [-0.05, 0) is 24.1 Å². The SMILES string of the molecule is CN(CCC(=O)O)C(=O)NCCc1cc(F)cc2c1OCOC2. The quantitative estimate of drug-likeness (QED) is 0.824. The molecule has 1 heterocycles. The Morgan fingerprint density at radius 3 is 2.96 bits per heavy atom. The monoisotopic (exact) mass is 326 g/mol. The molecule has 0 spiro atoms. The van der Waals surface area contributed by atoms with Gasteiger partial charge >= 0.3 is 12.0 Å². The number of fused-ring (bicyclic) bond motifs is 1. The number of carboxylic acid groups (broad SMARTS) is 1. The van der Waals surface area contributed by atoms with Crippen molar-refractivity contribution >= 4 is 12.0 Å². The predicted molar refractivity (Wildman–Crippen MR) is 78.7 cm³/mol. The summed E-state index contributed by atoms with van der Waals surface area (Å²) >= 11 is 0. The molecule has 0 aliphatic carbocycles. The standard InChI is InChI=1S/C15H19FN2O5/c1-18(5-3-13(19)20)15(21)17-4-2-10-6-12(16)7-11-8-22-9-23-14(10)11/h6-7H,2-5,8-9H2,1H3,(H,17,21)(H,19,20). The number of aliphatic carboxylic acids is 1. The smallest absolute Gasteiger partial charge is 0.317 e. The van der Waals surface area contributed by atoms with Crippen LogP contribution in [-0.4, -0.2) is 48.9 Å². The van der Waals surface area contributed by atoms with Crippen molar-refractivity contribution in [2.75, 3.05) is 26.9 Å². The van der Waals surface area contributed by atoms with Gasteiger partial charge in [-0.1, -0.05) is 0 Å². The van der Waals surface area contributed by atoms with E-state index in [0.29, 0.717) is 29.9 Å². The molecule has 0 atom stereocenters. The summed E-state index contributed by atoms with van der Waals surface area (Å²) < 4.78 is 24.1. The van der Waals surface area contributed by atoms with Crippen molar-refractivity contribution < 1.29 is 28.6 Å². The van der Waals surface area contributed by atoms with Crippen LogP contribution in [0.25, 0.3) is 0 Å². The van der Waals surface area contributed by atoms with Crippen LogP contribution in [0.2, 0.25) is 0 Å². The van der Waals surface area contributed by atoms with Crippen LogP contribution < -0.4 is 10.1 Å². The maximum atomic E-state index is 13.6. The number of urea groups is 1. The highest BCUT2D eigenvalue weighted by Gasteiger charge is 2.17. The van der Waals surface area contributed by atoms with Gasteiger partial charge in [0, 0.05) is 25.7 Å². The molecule has 2 rings (SSSR count). The van der Waals surface area contributed by atoms with Gasteiger partial charge in [-0.2, -0.15) is 0 Å². The third-order valence-corrected chi connectivity index (χ3v) is 3.43. The van der Waals surface area contributed by atoms with Crippen LogP contribution in [0.3, 0.4) is 0 Å². The molecule has 0 radical (unpaired) electrons. The van der Waals surface area contributed by atoms with E-state index in [1.165, 1.54) is 24.1 Å². The first-order valence-corrected chi connectivity index (χ1v) is 7.20. The highest BCUT2D eigenvalue weighted by molar-refractivity contribution is 5.75. The lowest BCUT2D eigenvalue weighted by Gasteiger charge is -2.21. The average molecular weight is 326 g/mol. The first-order valence-electron chi connectivity index (χ1n) is 7.20. The summed E-state index contributed by atoms with van der Waals surface area (Å²) in [7, 11) is 1.52. The van der Waals surface area contributed by atoms with Crippen LogP contribution in [0, 0.1) is 5.82 Å². The molecule has 0 bridgehead atoms. The van der Waals surface area contributed by atoms with Gasteiger partial charge in [-0.15, -0.1) is 0 Å². The van der Waals surface area contributed by atoms with Crippen molar-refractivity contribution in [3.63, 3.8) is 0 Å². The van der Waals surface area contributed by atoms with E-state index in [1.54, 1.807) is 0 Å². The van der Waals surface area contributed by atoms with Gasteiger partial charge in [0.15, 0.2) is 6.79 Å². The molecular weight excluding hydrogens is 307 g/mol. The van der Waals surface area contributed by atoms with Crippen molar-refractivity contribution in [1.82, 2.24) is 10.2 Å². The number of carboxylic acids is 1. The maximum absolute atomic E-state index is 13.6. The van der Waals surface area contributed by atoms with E-state index in [-0.39, 0.29) is 38.2 Å². The zero-order chi connectivity index (χ0) is 16.8. The average Bonchev–Trinajstić information content (AvgIpc) is 2.52. The largest absolute Gasteiger partial charge is 0.481 e. The highest BCUT2D eigenvalue weighted by atomic mass is 19.1. The third-order valence-electron chi connectivity index (χ3n) is 3.43. The number of hydrogen-bond donors (Lipinski definition) is 2. The van der Waals surface area contributed by atoms with Gasteiger partial charge in [-0.25, -0.2) is 9.18 Å². The van der Waals surface area contributed by atoms with E-state index < -0.39 is 5.97 Å². The fraction of sp³-hybridized carbons (Fsp3) is 0.467. The topological polar surface area (TPSA) is 88.1 Å². The Labute approximate surface area is 133 Å². The summed E-state index contributed by atoms with van der Waals surface area (Å²) in [6.45, 7) is 0.827. The van der Waals surface area contributed by atoms with Crippen LogP contribution in [0.1, 0.15) is 17.5 Å². The van der Waals surface area contributed by atoms with E-state index in [4.69, 9.17) is 14.6 Å². The van der Waals surface area contributed by atoms with Gasteiger partial charge in [0.25, 0.3) is 0 Å². The Bertz CT molecular complexity index is 593. The van der Waals surface area contributed by atoms with Gasteiger partial charge in [0.1, 0.15) is 11.6 Å². The molecule has 2 N–H and O–H groups in total. The molecule has 8 heteroatoms. The van der Waals surface area contributed by atoms with Gasteiger partial charge in [-0.3, -0.25) is 4.79 Å². The Morgan fingerprint density at radius 1 is 1.43 bits per heavy atom. The molecule has 2 amide bonds. The van der Waals surface area contributed by atoms with Crippen molar-refractivity contribution in [3.05, 3.63) is 29.1 Å². The van der Waals surface area contributed by atoms with Crippen LogP contribution in [-0.2, 0) is 22.6 Å². The highest BCUT2D eigenvalue weighted by Crippen LogP contribution is 2.29. The number of benzene rings is 1. The fourth-order valence-corrected chi connectivity index (χ4v) is 2.25. The first-order chi connectivity index (χ1) is 11.0. The molecule has 1 aliphatic heterocycles. The number of carbonyl (C=O) groups is 2. The molecule has 0 unspecified atom stereocenters. The summed E-state index contributed by atoms with van der Waals surface area (Å²) in [5.41, 5.74) is 1.31. The molecule has 1 aliphatic rings. The molecule has 126 valence electrons. The molecule has 0 fully saturated rings. The van der Waals surface area contributed by atoms with Gasteiger partial charge < -0.3 is 24.8 Å². The summed E-state index contributed by atoms with van der Waals surface area (Å²) in [6.07, 6.45) is 0.285. The summed E-state index contributed by atoms with van der Waals surface area (Å²) in [5.74, 6) is -0.737. The van der Waals surface area contributed by atoms with Crippen molar-refractivity contribution in [3.8, 4) is 5.75 Å².